The fraction of sp³-hybridized carbons (Fsp3) is 0.421. The number of hydrogen-bond acceptors (Lipinski definition) is 6. The summed E-state index contributed by atoms with van der Waals surface area (Å²) in [5.41, 5.74) is 1.12. The molecule has 6 nitrogen and oxygen atoms in total. The number of aliphatic hydroxyl groups is 1. The van der Waals surface area contributed by atoms with Crippen molar-refractivity contribution in [2.24, 2.45) is 0 Å². The van der Waals surface area contributed by atoms with Gasteiger partial charge in [0.1, 0.15) is 23.4 Å². The monoisotopic (exact) mass is 346 g/mol. The summed E-state index contributed by atoms with van der Waals surface area (Å²) in [6.45, 7) is 9.40. The Kier molecular flexibility index (Phi) is 4.24. The molecule has 25 heavy (non-hydrogen) atoms. The Labute approximate surface area is 146 Å². The predicted molar refractivity (Wildman–Crippen MR) is 91.8 cm³/mol. The van der Waals surface area contributed by atoms with Crippen molar-refractivity contribution in [3.63, 3.8) is 0 Å². The summed E-state index contributed by atoms with van der Waals surface area (Å²) < 4.78 is 22.2. The maximum atomic E-state index is 12.0. The first-order chi connectivity index (χ1) is 11.8. The third-order valence-electron chi connectivity index (χ3n) is 4.28. The van der Waals surface area contributed by atoms with Gasteiger partial charge < -0.3 is 24.1 Å². The molecule has 1 aromatic carbocycles. The normalized spacial score (nSPS) is 18.5. The van der Waals surface area contributed by atoms with Crippen LogP contribution in [0.1, 0.15) is 31.9 Å². The largest absolute Gasteiger partial charge is 0.496 e. The first kappa shape index (κ1) is 17.4. The molecule has 0 saturated heterocycles. The van der Waals surface area contributed by atoms with Gasteiger partial charge in [0, 0.05) is 18.1 Å². The number of methoxy groups -OCH3 is 1. The molecule has 0 bridgehead atoms. The van der Waals surface area contributed by atoms with Gasteiger partial charge in [-0.3, -0.25) is 0 Å². The van der Waals surface area contributed by atoms with Gasteiger partial charge >= 0.3 is 5.97 Å². The minimum atomic E-state index is -1.00. The van der Waals surface area contributed by atoms with Crippen LogP contribution in [0.3, 0.4) is 0 Å². The molecule has 0 spiro atoms. The Balaban J connectivity index is 2.03. The van der Waals surface area contributed by atoms with E-state index in [0.29, 0.717) is 34.8 Å². The first-order valence-corrected chi connectivity index (χ1v) is 8.15. The molecule has 6 heteroatoms. The van der Waals surface area contributed by atoms with E-state index in [0.717, 1.165) is 5.56 Å². The second-order valence-electron chi connectivity index (χ2n) is 6.58. The van der Waals surface area contributed by atoms with Crippen molar-refractivity contribution in [1.82, 2.24) is 0 Å². The predicted octanol–water partition coefficient (Wildman–Crippen LogP) is 2.62. The molecule has 0 radical (unpaired) electrons. The molecule has 0 amide bonds. The molecule has 0 aliphatic carbocycles. The second-order valence-corrected chi connectivity index (χ2v) is 6.58. The van der Waals surface area contributed by atoms with Crippen LogP contribution in [0.4, 0.5) is 0 Å². The Morgan fingerprint density at radius 2 is 2.16 bits per heavy atom. The molecule has 1 aromatic rings. The van der Waals surface area contributed by atoms with Crippen LogP contribution in [0.15, 0.2) is 24.5 Å². The van der Waals surface area contributed by atoms with E-state index in [1.165, 1.54) is 0 Å². The van der Waals surface area contributed by atoms with E-state index < -0.39 is 17.7 Å². The molecule has 2 aliphatic heterocycles. The summed E-state index contributed by atoms with van der Waals surface area (Å²) in [6, 6.07) is 1.70. The fourth-order valence-corrected chi connectivity index (χ4v) is 3.02. The molecule has 1 atom stereocenters. The van der Waals surface area contributed by atoms with E-state index in [4.69, 9.17) is 18.9 Å². The molecular weight excluding hydrogens is 324 g/mol. The first-order valence-electron chi connectivity index (χ1n) is 8.15. The van der Waals surface area contributed by atoms with E-state index >= 15 is 0 Å². The van der Waals surface area contributed by atoms with Crippen LogP contribution in [-0.4, -0.2) is 36.5 Å². The van der Waals surface area contributed by atoms with Gasteiger partial charge in [-0.25, -0.2) is 4.79 Å². The Morgan fingerprint density at radius 3 is 2.76 bits per heavy atom. The van der Waals surface area contributed by atoms with Crippen molar-refractivity contribution in [3.8, 4) is 17.2 Å². The van der Waals surface area contributed by atoms with Crippen LogP contribution >= 0.6 is 0 Å². The van der Waals surface area contributed by atoms with Crippen molar-refractivity contribution in [2.45, 2.75) is 38.9 Å². The van der Waals surface area contributed by atoms with Gasteiger partial charge in [-0.2, -0.15) is 0 Å². The molecule has 0 aromatic heterocycles. The highest BCUT2D eigenvalue weighted by Gasteiger charge is 2.39. The topological polar surface area (TPSA) is 74.2 Å². The molecule has 2 heterocycles. The van der Waals surface area contributed by atoms with Crippen LogP contribution < -0.4 is 14.2 Å². The third-order valence-corrected chi connectivity index (χ3v) is 4.28. The highest BCUT2D eigenvalue weighted by atomic mass is 16.6. The minimum absolute atomic E-state index is 0.0680. The van der Waals surface area contributed by atoms with E-state index in [2.05, 4.69) is 6.58 Å². The van der Waals surface area contributed by atoms with Crippen LogP contribution in [0.2, 0.25) is 0 Å². The third kappa shape index (κ3) is 2.98. The zero-order valence-electron chi connectivity index (χ0n) is 14.8. The maximum absolute atomic E-state index is 12.0. The van der Waals surface area contributed by atoms with Gasteiger partial charge in [-0.1, -0.05) is 6.58 Å². The molecule has 134 valence electrons. The summed E-state index contributed by atoms with van der Waals surface area (Å²) in [6.07, 6.45) is 1.65. The van der Waals surface area contributed by atoms with E-state index in [-0.39, 0.29) is 12.4 Å². The van der Waals surface area contributed by atoms with Crippen molar-refractivity contribution in [1.29, 1.82) is 0 Å². The van der Waals surface area contributed by atoms with Gasteiger partial charge in [-0.05, 0) is 32.4 Å². The van der Waals surface area contributed by atoms with Gasteiger partial charge in [-0.15, -0.1) is 0 Å². The number of carbonyl (C=O) groups excluding carboxylic acids is 1. The lowest BCUT2D eigenvalue weighted by molar-refractivity contribution is -0.141. The highest BCUT2D eigenvalue weighted by Crippen LogP contribution is 2.49. The van der Waals surface area contributed by atoms with Crippen molar-refractivity contribution in [2.75, 3.05) is 13.7 Å². The lowest BCUT2D eigenvalue weighted by Gasteiger charge is -2.24. The lowest BCUT2D eigenvalue weighted by Crippen LogP contribution is -2.39. The molecule has 0 fully saturated rings. The zero-order chi connectivity index (χ0) is 18.4. The number of ether oxygens (including phenoxy) is 4. The van der Waals surface area contributed by atoms with Crippen LogP contribution in [0.5, 0.6) is 17.2 Å². The number of benzene rings is 1. The maximum Gasteiger partial charge on any atom is 0.374 e. The Hall–Kier alpha value is -2.47. The van der Waals surface area contributed by atoms with Crippen LogP contribution in [0, 0.1) is 0 Å². The molecular formula is C19H22O6. The van der Waals surface area contributed by atoms with Crippen molar-refractivity contribution >= 4 is 11.5 Å². The molecule has 2 aliphatic rings. The Bertz CT molecular complexity index is 769. The SMILES string of the molecule is C=C1C=C(C(=O)OCC)Oc2cc3c(c(OC)c21)CC(C(C)(C)O)O3. The number of rotatable bonds is 4. The molecule has 1 unspecified atom stereocenters. The van der Waals surface area contributed by atoms with E-state index in [9.17, 15) is 9.90 Å². The van der Waals surface area contributed by atoms with E-state index in [1.54, 1.807) is 40.0 Å². The summed E-state index contributed by atoms with van der Waals surface area (Å²) in [5.74, 6) is 1.09. The molecule has 1 N–H and O–H groups in total. The summed E-state index contributed by atoms with van der Waals surface area (Å²) >= 11 is 0. The smallest absolute Gasteiger partial charge is 0.374 e. The lowest BCUT2D eigenvalue weighted by atomic mass is 9.93. The quantitative estimate of drug-likeness (QED) is 0.845. The highest BCUT2D eigenvalue weighted by molar-refractivity contribution is 5.95. The average Bonchev–Trinajstić information content (AvgIpc) is 2.96. The van der Waals surface area contributed by atoms with Gasteiger partial charge in [0.2, 0.25) is 5.76 Å². The number of fused-ring (bicyclic) bond motifs is 2. The van der Waals surface area contributed by atoms with Gasteiger partial charge in [0.05, 0.1) is 24.9 Å². The fourth-order valence-electron chi connectivity index (χ4n) is 3.02. The summed E-state index contributed by atoms with van der Waals surface area (Å²) in [4.78, 5) is 12.0. The Morgan fingerprint density at radius 1 is 1.44 bits per heavy atom. The summed E-state index contributed by atoms with van der Waals surface area (Å²) in [7, 11) is 1.56. The van der Waals surface area contributed by atoms with E-state index in [1.807, 2.05) is 0 Å². The minimum Gasteiger partial charge on any atom is -0.496 e. The molecule has 0 saturated carbocycles. The van der Waals surface area contributed by atoms with Crippen LogP contribution in [0.25, 0.3) is 5.57 Å². The zero-order valence-corrected chi connectivity index (χ0v) is 14.8. The average molecular weight is 346 g/mol. The number of hydrogen-bond donors (Lipinski definition) is 1. The summed E-state index contributed by atoms with van der Waals surface area (Å²) in [5, 5.41) is 10.3. The van der Waals surface area contributed by atoms with Crippen molar-refractivity contribution < 1.29 is 28.8 Å². The van der Waals surface area contributed by atoms with Crippen molar-refractivity contribution in [3.05, 3.63) is 35.6 Å². The van der Waals surface area contributed by atoms with Gasteiger partial charge in [0.25, 0.3) is 0 Å². The van der Waals surface area contributed by atoms with Gasteiger partial charge in [0.15, 0.2) is 0 Å². The number of esters is 1. The van der Waals surface area contributed by atoms with Crippen LogP contribution in [-0.2, 0) is 16.0 Å². The second kappa shape index (κ2) is 6.11. The standard InChI is InChI=1S/C19H22O6/c1-6-23-18(20)14-7-10(2)16-13(24-14)9-12-11(17(16)22-5)8-15(25-12)19(3,4)21/h7,9,15,21H,2,6,8H2,1,3-5H3. The number of allylic oxidation sites excluding steroid dienone is 2. The molecule has 3 rings (SSSR count). The number of carbonyl (C=O) groups is 1.